The first-order chi connectivity index (χ1) is 14.7. The van der Waals surface area contributed by atoms with E-state index in [2.05, 4.69) is 10.1 Å². The van der Waals surface area contributed by atoms with Crippen molar-refractivity contribution in [2.75, 3.05) is 31.6 Å². The van der Waals surface area contributed by atoms with Gasteiger partial charge in [-0.15, -0.1) is 11.3 Å². The Bertz CT molecular complexity index is 880. The third-order valence-corrected chi connectivity index (χ3v) is 5.13. The molecule has 1 fully saturated rings. The van der Waals surface area contributed by atoms with E-state index >= 15 is 0 Å². The van der Waals surface area contributed by atoms with Gasteiger partial charge in [-0.1, -0.05) is 0 Å². The van der Waals surface area contributed by atoms with Gasteiger partial charge in [0.2, 0.25) is 11.8 Å². The number of methoxy groups -OCH3 is 1. The second kappa shape index (κ2) is 9.76. The molecular weight excluding hydrogens is 455 g/mol. The molecule has 32 heavy (non-hydrogen) atoms. The Kier molecular flexibility index (Phi) is 7.75. The van der Waals surface area contributed by atoms with E-state index in [-0.39, 0.29) is 23.4 Å². The number of carbonyl (C=O) groups excluding carboxylic acids is 4. The van der Waals surface area contributed by atoms with Crippen molar-refractivity contribution in [3.05, 3.63) is 17.0 Å². The average molecular weight is 479 g/mol. The maximum Gasteiger partial charge on any atom is 0.411 e. The van der Waals surface area contributed by atoms with E-state index in [0.29, 0.717) is 5.00 Å². The molecule has 178 valence electrons. The van der Waals surface area contributed by atoms with Crippen molar-refractivity contribution in [1.29, 1.82) is 0 Å². The number of ether oxygens (including phenoxy) is 2. The molecule has 1 N–H and O–H groups in total. The maximum atomic E-state index is 12.9. The van der Waals surface area contributed by atoms with Gasteiger partial charge in [0.1, 0.15) is 29.7 Å². The lowest BCUT2D eigenvalue weighted by atomic mass is 10.2. The van der Waals surface area contributed by atoms with Crippen LogP contribution in [-0.4, -0.2) is 73.3 Å². The van der Waals surface area contributed by atoms with E-state index in [1.807, 2.05) is 0 Å². The number of hydrogen-bond acceptors (Lipinski definition) is 7. The normalized spacial score (nSPS) is 16.7. The lowest BCUT2D eigenvalue weighted by Gasteiger charge is -2.28. The minimum absolute atomic E-state index is 0.175. The number of hydrogen-bond donors (Lipinski definition) is 1. The fraction of sp³-hybridized carbons (Fsp3) is 0.579. The number of amides is 3. The Labute approximate surface area is 186 Å². The summed E-state index contributed by atoms with van der Waals surface area (Å²) in [6.45, 7) is 2.01. The third kappa shape index (κ3) is 6.84. The van der Waals surface area contributed by atoms with Crippen LogP contribution in [0.3, 0.4) is 0 Å². The van der Waals surface area contributed by atoms with Gasteiger partial charge >= 0.3 is 18.2 Å². The molecule has 0 radical (unpaired) electrons. The summed E-state index contributed by atoms with van der Waals surface area (Å²) in [7, 11) is 1.20. The van der Waals surface area contributed by atoms with Crippen molar-refractivity contribution >= 4 is 40.2 Å². The van der Waals surface area contributed by atoms with Crippen LogP contribution < -0.4 is 10.2 Å². The lowest BCUT2D eigenvalue weighted by molar-refractivity contribution is -0.148. The summed E-state index contributed by atoms with van der Waals surface area (Å²) in [6.07, 6.45) is -5.87. The van der Waals surface area contributed by atoms with Crippen LogP contribution in [0.5, 0.6) is 0 Å². The van der Waals surface area contributed by atoms with Crippen LogP contribution >= 0.6 is 11.3 Å². The van der Waals surface area contributed by atoms with Gasteiger partial charge in [-0.25, -0.2) is 9.59 Å². The molecule has 0 aliphatic carbocycles. The number of rotatable bonds is 6. The Hall–Kier alpha value is -2.83. The molecule has 1 aromatic rings. The van der Waals surface area contributed by atoms with Crippen LogP contribution in [0.1, 0.15) is 37.6 Å². The van der Waals surface area contributed by atoms with Gasteiger partial charge in [0.25, 0.3) is 0 Å². The molecule has 2 heterocycles. The lowest BCUT2D eigenvalue weighted by Crippen LogP contribution is -2.50. The minimum Gasteiger partial charge on any atom is -0.465 e. The van der Waals surface area contributed by atoms with Crippen molar-refractivity contribution < 1.29 is 41.8 Å². The van der Waals surface area contributed by atoms with E-state index in [9.17, 15) is 32.3 Å². The van der Waals surface area contributed by atoms with Crippen LogP contribution in [-0.2, 0) is 19.1 Å². The van der Waals surface area contributed by atoms with Crippen LogP contribution in [0.25, 0.3) is 0 Å². The number of nitrogens with zero attached hydrogens (tertiary/aromatic N) is 2. The summed E-state index contributed by atoms with van der Waals surface area (Å²) < 4.78 is 48.3. The molecule has 1 unspecified atom stereocenters. The van der Waals surface area contributed by atoms with E-state index in [0.717, 1.165) is 11.3 Å². The Morgan fingerprint density at radius 3 is 2.50 bits per heavy atom. The molecule has 1 saturated heterocycles. The number of alkyl halides is 3. The molecule has 0 aromatic carbocycles. The molecule has 0 bridgehead atoms. The van der Waals surface area contributed by atoms with Gasteiger partial charge in [-0.05, 0) is 38.6 Å². The van der Waals surface area contributed by atoms with Gasteiger partial charge < -0.3 is 19.7 Å². The summed E-state index contributed by atoms with van der Waals surface area (Å²) in [5.41, 5.74) is -0.865. The van der Waals surface area contributed by atoms with E-state index in [1.54, 1.807) is 5.38 Å². The summed E-state index contributed by atoms with van der Waals surface area (Å²) in [4.78, 5) is 50.6. The molecule has 9 nitrogen and oxygen atoms in total. The van der Waals surface area contributed by atoms with Crippen molar-refractivity contribution in [1.82, 2.24) is 10.2 Å². The zero-order valence-electron chi connectivity index (χ0n) is 17.9. The topological polar surface area (TPSA) is 105 Å². The highest BCUT2D eigenvalue weighted by Crippen LogP contribution is 2.31. The zero-order chi connectivity index (χ0) is 24.3. The highest BCUT2D eigenvalue weighted by molar-refractivity contribution is 7.14. The van der Waals surface area contributed by atoms with Crippen molar-refractivity contribution in [3.8, 4) is 0 Å². The quantitative estimate of drug-likeness (QED) is 0.629. The van der Waals surface area contributed by atoms with Crippen molar-refractivity contribution in [2.24, 2.45) is 0 Å². The maximum absolute atomic E-state index is 12.9. The average Bonchev–Trinajstić information content (AvgIpc) is 3.25. The van der Waals surface area contributed by atoms with Gasteiger partial charge in [0, 0.05) is 6.54 Å². The summed E-state index contributed by atoms with van der Waals surface area (Å²) in [6, 6.07) is 0.488. The molecule has 0 saturated carbocycles. The summed E-state index contributed by atoms with van der Waals surface area (Å²) in [5, 5.41) is 4.32. The zero-order valence-corrected chi connectivity index (χ0v) is 18.8. The van der Waals surface area contributed by atoms with Crippen molar-refractivity contribution in [3.63, 3.8) is 0 Å². The Balaban J connectivity index is 2.06. The molecule has 13 heteroatoms. The SMILES string of the molecule is COC(=O)c1ccsc1N1CCC(NC(=O)CN(CC(F)(F)F)C(=O)OC(C)(C)C)C1=O. The third-order valence-electron chi connectivity index (χ3n) is 4.19. The second-order valence-corrected chi connectivity index (χ2v) is 8.88. The minimum atomic E-state index is -4.75. The van der Waals surface area contributed by atoms with Gasteiger partial charge in [0.05, 0.1) is 12.7 Å². The monoisotopic (exact) mass is 479 g/mol. The number of nitrogens with one attached hydrogen (secondary N) is 1. The predicted octanol–water partition coefficient (Wildman–Crippen LogP) is 2.56. The van der Waals surface area contributed by atoms with E-state index < -0.39 is 54.8 Å². The van der Waals surface area contributed by atoms with Gasteiger partial charge in [-0.3, -0.25) is 14.5 Å². The fourth-order valence-corrected chi connectivity index (χ4v) is 3.85. The standard InChI is InChI=1S/C19H24F3N3O6S/c1-18(2,3)31-17(29)24(10-19(20,21)22)9-13(26)23-12-5-7-25(14(12)27)15-11(6-8-32-15)16(28)30-4/h6,8,12H,5,7,9-10H2,1-4H3,(H,23,26). The van der Waals surface area contributed by atoms with Crippen LogP contribution in [0, 0.1) is 0 Å². The molecule has 1 aromatic heterocycles. The van der Waals surface area contributed by atoms with E-state index in [4.69, 9.17) is 4.74 Å². The molecule has 1 atom stereocenters. The number of halogens is 3. The Morgan fingerprint density at radius 1 is 1.28 bits per heavy atom. The van der Waals surface area contributed by atoms with Crippen LogP contribution in [0.4, 0.5) is 23.0 Å². The summed E-state index contributed by atoms with van der Waals surface area (Å²) in [5.74, 6) is -2.09. The highest BCUT2D eigenvalue weighted by Gasteiger charge is 2.39. The van der Waals surface area contributed by atoms with Crippen LogP contribution in [0.15, 0.2) is 11.4 Å². The molecule has 2 rings (SSSR count). The number of thiophene rings is 1. The van der Waals surface area contributed by atoms with Crippen LogP contribution in [0.2, 0.25) is 0 Å². The fourth-order valence-electron chi connectivity index (χ4n) is 2.93. The molecular formula is C19H24F3N3O6S. The molecule has 1 aliphatic rings. The summed E-state index contributed by atoms with van der Waals surface area (Å²) >= 11 is 1.14. The predicted molar refractivity (Wildman–Crippen MR) is 108 cm³/mol. The first-order valence-corrected chi connectivity index (χ1v) is 10.4. The number of esters is 1. The first kappa shape index (κ1) is 25.4. The highest BCUT2D eigenvalue weighted by atomic mass is 32.1. The molecule has 0 spiro atoms. The number of carbonyl (C=O) groups is 4. The smallest absolute Gasteiger partial charge is 0.411 e. The number of anilines is 1. The van der Waals surface area contributed by atoms with E-state index in [1.165, 1.54) is 38.8 Å². The molecule has 3 amide bonds. The largest absolute Gasteiger partial charge is 0.465 e. The Morgan fingerprint density at radius 2 is 1.94 bits per heavy atom. The van der Waals surface area contributed by atoms with Gasteiger partial charge in [0.15, 0.2) is 0 Å². The molecule has 1 aliphatic heterocycles. The second-order valence-electron chi connectivity index (χ2n) is 7.98. The van der Waals surface area contributed by atoms with Gasteiger partial charge in [-0.2, -0.15) is 13.2 Å². The van der Waals surface area contributed by atoms with Crippen molar-refractivity contribution in [2.45, 2.75) is 45.0 Å². The first-order valence-electron chi connectivity index (χ1n) is 9.53.